The van der Waals surface area contributed by atoms with E-state index in [1.807, 2.05) is 19.1 Å². The smallest absolute Gasteiger partial charge is 0.0455 e. The molecule has 2 N–H and O–H groups in total. The molecule has 0 aliphatic heterocycles. The fourth-order valence-corrected chi connectivity index (χ4v) is 1.48. The number of halogens is 1. The minimum Gasteiger partial charge on any atom is -0.384 e. The molecule has 1 aromatic rings. The van der Waals surface area contributed by atoms with Crippen molar-refractivity contribution in [3.05, 3.63) is 28.8 Å². The van der Waals surface area contributed by atoms with Crippen molar-refractivity contribution in [3.63, 3.8) is 0 Å². The van der Waals surface area contributed by atoms with Crippen molar-refractivity contribution >= 4 is 17.3 Å². The molecule has 0 saturated carbocycles. The highest BCUT2D eigenvalue weighted by Crippen LogP contribution is 2.19. The fourth-order valence-electron chi connectivity index (χ4n) is 1.30. The van der Waals surface area contributed by atoms with Crippen molar-refractivity contribution in [1.29, 1.82) is 0 Å². The highest BCUT2D eigenvalue weighted by atomic mass is 35.5. The van der Waals surface area contributed by atoms with Gasteiger partial charge in [-0.25, -0.2) is 0 Å². The van der Waals surface area contributed by atoms with Crippen molar-refractivity contribution in [1.82, 2.24) is 5.32 Å². The molecule has 84 valence electrons. The molecule has 0 bridgehead atoms. The van der Waals surface area contributed by atoms with E-state index in [0.717, 1.165) is 35.9 Å². The monoisotopic (exact) mass is 226 g/mol. The Labute approximate surface area is 97.0 Å². The van der Waals surface area contributed by atoms with Gasteiger partial charge in [0.1, 0.15) is 0 Å². The summed E-state index contributed by atoms with van der Waals surface area (Å²) in [5.74, 6) is 0. The second-order valence-corrected chi connectivity index (χ2v) is 4.05. The van der Waals surface area contributed by atoms with Gasteiger partial charge in [-0.1, -0.05) is 24.6 Å². The Morgan fingerprint density at radius 3 is 2.67 bits per heavy atom. The predicted octanol–water partition coefficient (Wildman–Crippen LogP) is 3.06. The second kappa shape index (κ2) is 6.70. The second-order valence-electron chi connectivity index (χ2n) is 3.64. The summed E-state index contributed by atoms with van der Waals surface area (Å²) in [7, 11) is 0. The number of hydrogen-bond acceptors (Lipinski definition) is 2. The van der Waals surface area contributed by atoms with Gasteiger partial charge in [-0.15, -0.1) is 0 Å². The Balaban J connectivity index is 2.28. The van der Waals surface area contributed by atoms with Crippen LogP contribution >= 0.6 is 11.6 Å². The van der Waals surface area contributed by atoms with Crippen LogP contribution in [0.25, 0.3) is 0 Å². The van der Waals surface area contributed by atoms with Gasteiger partial charge in [0.2, 0.25) is 0 Å². The molecule has 0 aromatic heterocycles. The molecule has 0 fully saturated rings. The van der Waals surface area contributed by atoms with Crippen LogP contribution in [0.5, 0.6) is 0 Å². The summed E-state index contributed by atoms with van der Waals surface area (Å²) >= 11 is 6.02. The van der Waals surface area contributed by atoms with Crippen LogP contribution in [0.4, 0.5) is 5.69 Å². The third kappa shape index (κ3) is 4.54. The van der Waals surface area contributed by atoms with Gasteiger partial charge in [-0.3, -0.25) is 0 Å². The fraction of sp³-hybridized carbons (Fsp3) is 0.500. The molecular weight excluding hydrogens is 208 g/mol. The van der Waals surface area contributed by atoms with Gasteiger partial charge < -0.3 is 10.6 Å². The van der Waals surface area contributed by atoms with Crippen LogP contribution in [0.15, 0.2) is 18.2 Å². The molecule has 0 spiro atoms. The Bertz CT molecular complexity index is 300. The minimum absolute atomic E-state index is 0.821. The zero-order valence-electron chi connectivity index (χ0n) is 9.44. The van der Waals surface area contributed by atoms with Crippen molar-refractivity contribution in [2.24, 2.45) is 0 Å². The van der Waals surface area contributed by atoms with Crippen molar-refractivity contribution in [2.75, 3.05) is 25.0 Å². The highest BCUT2D eigenvalue weighted by Gasteiger charge is 1.96. The van der Waals surface area contributed by atoms with Crippen LogP contribution in [0, 0.1) is 6.92 Å². The quantitative estimate of drug-likeness (QED) is 0.729. The lowest BCUT2D eigenvalue weighted by atomic mass is 10.2. The molecule has 0 aliphatic rings. The molecule has 0 radical (unpaired) electrons. The lowest BCUT2D eigenvalue weighted by Gasteiger charge is -2.08. The van der Waals surface area contributed by atoms with E-state index in [1.165, 1.54) is 6.42 Å². The summed E-state index contributed by atoms with van der Waals surface area (Å²) in [6.07, 6.45) is 1.18. The van der Waals surface area contributed by atoms with Crippen LogP contribution in [0.2, 0.25) is 5.02 Å². The molecule has 0 amide bonds. The largest absolute Gasteiger partial charge is 0.384 e. The number of hydrogen-bond donors (Lipinski definition) is 2. The minimum atomic E-state index is 0.821. The molecule has 0 atom stereocenters. The van der Waals surface area contributed by atoms with Gasteiger partial charge in [0.05, 0.1) is 0 Å². The average Bonchev–Trinajstić information content (AvgIpc) is 2.23. The van der Waals surface area contributed by atoms with E-state index >= 15 is 0 Å². The van der Waals surface area contributed by atoms with Crippen molar-refractivity contribution in [2.45, 2.75) is 20.3 Å². The standard InChI is InChI=1S/C12H19ClN2/c1-3-6-14-7-8-15-11-5-4-10(2)12(13)9-11/h4-5,9,14-15H,3,6-8H2,1-2H3. The van der Waals surface area contributed by atoms with Gasteiger partial charge in [-0.05, 0) is 37.6 Å². The van der Waals surface area contributed by atoms with E-state index in [2.05, 4.69) is 23.6 Å². The summed E-state index contributed by atoms with van der Waals surface area (Å²) in [5, 5.41) is 7.48. The maximum Gasteiger partial charge on any atom is 0.0455 e. The van der Waals surface area contributed by atoms with E-state index < -0.39 is 0 Å². The predicted molar refractivity (Wildman–Crippen MR) is 67.8 cm³/mol. The number of anilines is 1. The lowest BCUT2D eigenvalue weighted by molar-refractivity contribution is 0.688. The maximum atomic E-state index is 6.02. The highest BCUT2D eigenvalue weighted by molar-refractivity contribution is 6.31. The van der Waals surface area contributed by atoms with E-state index in [4.69, 9.17) is 11.6 Å². The van der Waals surface area contributed by atoms with Crippen molar-refractivity contribution < 1.29 is 0 Å². The van der Waals surface area contributed by atoms with Gasteiger partial charge in [0.25, 0.3) is 0 Å². The summed E-state index contributed by atoms with van der Waals surface area (Å²) in [6, 6.07) is 6.06. The topological polar surface area (TPSA) is 24.1 Å². The molecular formula is C12H19ClN2. The molecule has 0 heterocycles. The number of benzene rings is 1. The van der Waals surface area contributed by atoms with Crippen molar-refractivity contribution in [3.8, 4) is 0 Å². The Morgan fingerprint density at radius 1 is 1.20 bits per heavy atom. The van der Waals surface area contributed by atoms with E-state index in [1.54, 1.807) is 0 Å². The van der Waals surface area contributed by atoms with E-state index in [9.17, 15) is 0 Å². The summed E-state index contributed by atoms with van der Waals surface area (Å²) in [6.45, 7) is 7.17. The molecule has 3 heteroatoms. The number of nitrogens with one attached hydrogen (secondary N) is 2. The van der Waals surface area contributed by atoms with Crippen LogP contribution in [-0.4, -0.2) is 19.6 Å². The van der Waals surface area contributed by atoms with Gasteiger partial charge in [0, 0.05) is 23.8 Å². The van der Waals surface area contributed by atoms with Crippen LogP contribution in [0.3, 0.4) is 0 Å². The molecule has 0 aliphatic carbocycles. The first-order chi connectivity index (χ1) is 7.24. The third-order valence-electron chi connectivity index (χ3n) is 2.23. The number of rotatable bonds is 6. The Hall–Kier alpha value is -0.730. The van der Waals surface area contributed by atoms with Crippen LogP contribution in [0.1, 0.15) is 18.9 Å². The van der Waals surface area contributed by atoms with E-state index in [0.29, 0.717) is 0 Å². The molecule has 15 heavy (non-hydrogen) atoms. The van der Waals surface area contributed by atoms with Crippen LogP contribution in [-0.2, 0) is 0 Å². The first kappa shape index (κ1) is 12.3. The first-order valence-corrected chi connectivity index (χ1v) is 5.82. The molecule has 0 saturated heterocycles. The lowest BCUT2D eigenvalue weighted by Crippen LogP contribution is -2.22. The van der Waals surface area contributed by atoms with E-state index in [-0.39, 0.29) is 0 Å². The summed E-state index contributed by atoms with van der Waals surface area (Å²) in [4.78, 5) is 0. The number of aryl methyl sites for hydroxylation is 1. The maximum absolute atomic E-state index is 6.02. The zero-order chi connectivity index (χ0) is 11.1. The molecule has 1 rings (SSSR count). The van der Waals surface area contributed by atoms with Gasteiger partial charge in [0.15, 0.2) is 0 Å². The summed E-state index contributed by atoms with van der Waals surface area (Å²) in [5.41, 5.74) is 2.20. The van der Waals surface area contributed by atoms with Crippen LogP contribution < -0.4 is 10.6 Å². The average molecular weight is 227 g/mol. The molecule has 1 aromatic carbocycles. The molecule has 0 unspecified atom stereocenters. The third-order valence-corrected chi connectivity index (χ3v) is 2.64. The van der Waals surface area contributed by atoms with Gasteiger partial charge >= 0.3 is 0 Å². The summed E-state index contributed by atoms with van der Waals surface area (Å²) < 4.78 is 0. The normalized spacial score (nSPS) is 10.3. The Morgan fingerprint density at radius 2 is 2.00 bits per heavy atom. The Kier molecular flexibility index (Phi) is 5.51. The molecule has 2 nitrogen and oxygen atoms in total. The SMILES string of the molecule is CCCNCCNc1ccc(C)c(Cl)c1. The zero-order valence-corrected chi connectivity index (χ0v) is 10.2. The van der Waals surface area contributed by atoms with Gasteiger partial charge in [-0.2, -0.15) is 0 Å². The first-order valence-electron chi connectivity index (χ1n) is 5.44.